The van der Waals surface area contributed by atoms with Crippen LogP contribution in [-0.4, -0.2) is 8.42 Å². The summed E-state index contributed by atoms with van der Waals surface area (Å²) in [5.74, 6) is -2.60. The van der Waals surface area contributed by atoms with Gasteiger partial charge in [0.25, 0.3) is 0 Å². The molecule has 1 aromatic rings. The van der Waals surface area contributed by atoms with E-state index >= 15 is 0 Å². The maximum Gasteiger partial charge on any atom is 0.243 e. The number of sulfonamides is 1. The second kappa shape index (κ2) is 4.05. The van der Waals surface area contributed by atoms with E-state index in [2.05, 4.69) is 5.14 Å². The van der Waals surface area contributed by atoms with Crippen LogP contribution in [0, 0.1) is 23.0 Å². The highest BCUT2D eigenvalue weighted by atomic mass is 32.2. The summed E-state index contributed by atoms with van der Waals surface area (Å²) in [5.41, 5.74) is -1.08. The van der Waals surface area contributed by atoms with Gasteiger partial charge in [0, 0.05) is 0 Å². The molecule has 0 fully saturated rings. The second-order valence-electron chi connectivity index (χ2n) is 4.05. The summed E-state index contributed by atoms with van der Waals surface area (Å²) >= 11 is 0. The van der Waals surface area contributed by atoms with Crippen molar-refractivity contribution in [1.29, 1.82) is 5.26 Å². The molecule has 1 rings (SSSR count). The predicted molar refractivity (Wildman–Crippen MR) is 56.4 cm³/mol. The van der Waals surface area contributed by atoms with Gasteiger partial charge in [-0.2, -0.15) is 5.26 Å². The molecular formula is C10H10F2N2O2S. The van der Waals surface area contributed by atoms with Gasteiger partial charge in [0.05, 0.1) is 11.5 Å². The highest BCUT2D eigenvalue weighted by Gasteiger charge is 2.27. The number of hydrogen-bond acceptors (Lipinski definition) is 3. The van der Waals surface area contributed by atoms with Crippen molar-refractivity contribution in [3.8, 4) is 6.07 Å². The Balaban J connectivity index is 3.56. The van der Waals surface area contributed by atoms with Gasteiger partial charge in [-0.15, -0.1) is 0 Å². The van der Waals surface area contributed by atoms with Crippen molar-refractivity contribution in [1.82, 2.24) is 0 Å². The molecule has 0 aliphatic rings. The molecule has 0 atom stereocenters. The van der Waals surface area contributed by atoms with Crippen LogP contribution in [-0.2, 0) is 15.4 Å². The van der Waals surface area contributed by atoms with E-state index in [0.717, 1.165) is 12.1 Å². The van der Waals surface area contributed by atoms with Crippen LogP contribution in [0.25, 0.3) is 0 Å². The van der Waals surface area contributed by atoms with Gasteiger partial charge in [-0.3, -0.25) is 0 Å². The molecule has 17 heavy (non-hydrogen) atoms. The van der Waals surface area contributed by atoms with Gasteiger partial charge in [0.2, 0.25) is 10.0 Å². The minimum atomic E-state index is -4.47. The minimum Gasteiger partial charge on any atom is -0.224 e. The molecule has 0 aliphatic carbocycles. The Labute approximate surface area is 97.7 Å². The molecule has 0 unspecified atom stereocenters. The zero-order valence-electron chi connectivity index (χ0n) is 9.16. The van der Waals surface area contributed by atoms with Crippen molar-refractivity contribution in [2.45, 2.75) is 24.2 Å². The summed E-state index contributed by atoms with van der Waals surface area (Å²) < 4.78 is 48.8. The highest BCUT2D eigenvalue weighted by molar-refractivity contribution is 7.89. The van der Waals surface area contributed by atoms with Gasteiger partial charge in [-0.05, 0) is 31.5 Å². The van der Waals surface area contributed by atoms with Crippen LogP contribution in [0.4, 0.5) is 8.78 Å². The summed E-state index contributed by atoms with van der Waals surface area (Å²) in [6, 6.07) is 3.45. The molecule has 0 spiro atoms. The lowest BCUT2D eigenvalue weighted by Crippen LogP contribution is -2.19. The van der Waals surface area contributed by atoms with E-state index in [0.29, 0.717) is 0 Å². The Morgan fingerprint density at radius 1 is 1.29 bits per heavy atom. The van der Waals surface area contributed by atoms with Crippen LogP contribution in [0.15, 0.2) is 17.0 Å². The molecule has 0 aliphatic heterocycles. The third-order valence-corrected chi connectivity index (χ3v) is 3.24. The molecule has 7 heteroatoms. The molecule has 1 aromatic carbocycles. The van der Waals surface area contributed by atoms with E-state index in [1.165, 1.54) is 13.8 Å². The molecule has 0 saturated carbocycles. The van der Waals surface area contributed by atoms with E-state index in [1.54, 1.807) is 0 Å². The van der Waals surface area contributed by atoms with Crippen LogP contribution in [0.3, 0.4) is 0 Å². The average molecular weight is 260 g/mol. The van der Waals surface area contributed by atoms with Gasteiger partial charge in [0.1, 0.15) is 11.6 Å². The summed E-state index contributed by atoms with van der Waals surface area (Å²) in [4.78, 5) is -1.19. The first-order valence-electron chi connectivity index (χ1n) is 4.53. The fourth-order valence-corrected chi connectivity index (χ4v) is 1.92. The largest absolute Gasteiger partial charge is 0.243 e. The first kappa shape index (κ1) is 13.5. The van der Waals surface area contributed by atoms with Crippen molar-refractivity contribution in [2.75, 3.05) is 0 Å². The van der Waals surface area contributed by atoms with Gasteiger partial charge in [0.15, 0.2) is 4.90 Å². The van der Waals surface area contributed by atoms with Crippen LogP contribution >= 0.6 is 0 Å². The van der Waals surface area contributed by atoms with Gasteiger partial charge >= 0.3 is 0 Å². The Bertz CT molecular complexity index is 580. The van der Waals surface area contributed by atoms with Crippen LogP contribution < -0.4 is 5.14 Å². The monoisotopic (exact) mass is 260 g/mol. The van der Waals surface area contributed by atoms with E-state index in [4.69, 9.17) is 5.26 Å². The number of benzene rings is 1. The topological polar surface area (TPSA) is 83.9 Å². The fraction of sp³-hybridized carbons (Fsp3) is 0.300. The number of rotatable bonds is 2. The van der Waals surface area contributed by atoms with E-state index in [-0.39, 0.29) is 5.56 Å². The summed E-state index contributed by atoms with van der Waals surface area (Å²) in [7, 11) is -4.47. The quantitative estimate of drug-likeness (QED) is 0.872. The fourth-order valence-electron chi connectivity index (χ4n) is 1.26. The number of nitrogens with two attached hydrogens (primary N) is 1. The Morgan fingerprint density at radius 2 is 1.71 bits per heavy atom. The number of nitrogens with zero attached hydrogens (tertiary/aromatic N) is 1. The van der Waals surface area contributed by atoms with Crippen molar-refractivity contribution in [3.05, 3.63) is 29.3 Å². The molecule has 2 N–H and O–H groups in total. The van der Waals surface area contributed by atoms with Gasteiger partial charge < -0.3 is 0 Å². The van der Waals surface area contributed by atoms with Gasteiger partial charge in [-0.1, -0.05) is 0 Å². The van der Waals surface area contributed by atoms with Crippen LogP contribution in [0.5, 0.6) is 0 Å². The normalized spacial score (nSPS) is 12.2. The first-order valence-corrected chi connectivity index (χ1v) is 6.08. The van der Waals surface area contributed by atoms with E-state index in [9.17, 15) is 17.2 Å². The molecule has 0 heterocycles. The molecule has 0 radical (unpaired) electrons. The average Bonchev–Trinajstić information content (AvgIpc) is 2.14. The summed E-state index contributed by atoms with van der Waals surface area (Å²) in [6.45, 7) is 2.91. The Morgan fingerprint density at radius 3 is 2.00 bits per heavy atom. The zero-order chi connectivity index (χ0) is 13.4. The molecular weight excluding hydrogens is 250 g/mol. The number of hydrogen-bond donors (Lipinski definition) is 1. The summed E-state index contributed by atoms with van der Waals surface area (Å²) in [5, 5.41) is 13.5. The maximum absolute atomic E-state index is 13.5. The second-order valence-corrected chi connectivity index (χ2v) is 5.55. The first-order chi connectivity index (χ1) is 7.59. The lowest BCUT2D eigenvalue weighted by molar-refractivity contribution is 0.511. The minimum absolute atomic E-state index is 0.0439. The Kier molecular flexibility index (Phi) is 3.23. The van der Waals surface area contributed by atoms with Crippen molar-refractivity contribution in [2.24, 2.45) is 5.14 Å². The highest BCUT2D eigenvalue weighted by Crippen LogP contribution is 2.27. The third-order valence-electron chi connectivity index (χ3n) is 2.28. The third kappa shape index (κ3) is 2.60. The van der Waals surface area contributed by atoms with Crippen molar-refractivity contribution < 1.29 is 17.2 Å². The van der Waals surface area contributed by atoms with Crippen LogP contribution in [0.2, 0.25) is 0 Å². The smallest absolute Gasteiger partial charge is 0.224 e. The van der Waals surface area contributed by atoms with E-state index < -0.39 is 32.0 Å². The van der Waals surface area contributed by atoms with Crippen molar-refractivity contribution >= 4 is 10.0 Å². The zero-order valence-corrected chi connectivity index (χ0v) is 9.98. The molecule has 0 bridgehead atoms. The molecule has 0 aromatic heterocycles. The van der Waals surface area contributed by atoms with Crippen molar-refractivity contribution in [3.63, 3.8) is 0 Å². The van der Waals surface area contributed by atoms with Crippen LogP contribution in [0.1, 0.15) is 19.4 Å². The Hall–Kier alpha value is -1.52. The lowest BCUT2D eigenvalue weighted by atomic mass is 9.86. The summed E-state index contributed by atoms with van der Waals surface area (Å²) in [6.07, 6.45) is 0. The molecule has 0 saturated heterocycles. The van der Waals surface area contributed by atoms with Gasteiger partial charge in [-0.25, -0.2) is 22.3 Å². The number of nitriles is 1. The standard InChI is InChI=1S/C10H10F2N2O2S/c1-10(2,5-13)6-3-7(11)9(8(12)4-6)17(14,15)16/h3-4H,1-2H3,(H2,14,15,16). The number of halogens is 2. The molecule has 4 nitrogen and oxygen atoms in total. The molecule has 0 amide bonds. The predicted octanol–water partition coefficient (Wildman–Crippen LogP) is 1.41. The number of primary sulfonamides is 1. The lowest BCUT2D eigenvalue weighted by Gasteiger charge is -2.16. The maximum atomic E-state index is 13.5. The molecule has 92 valence electrons. The SMILES string of the molecule is CC(C)(C#N)c1cc(F)c(S(N)(=O)=O)c(F)c1. The van der Waals surface area contributed by atoms with E-state index in [1.807, 2.05) is 6.07 Å².